The molecule has 1 amide bonds. The van der Waals surface area contributed by atoms with Gasteiger partial charge in [-0.05, 0) is 37.9 Å². The maximum Gasteiger partial charge on any atom is 0.244 e. The molecule has 0 aromatic heterocycles. The van der Waals surface area contributed by atoms with E-state index in [1.165, 1.54) is 0 Å². The molecule has 18 heavy (non-hydrogen) atoms. The minimum absolute atomic E-state index is 0.0207. The van der Waals surface area contributed by atoms with Crippen LogP contribution in [0.15, 0.2) is 18.2 Å². The van der Waals surface area contributed by atoms with E-state index in [1.807, 2.05) is 6.92 Å². The molecule has 1 aromatic carbocycles. The van der Waals surface area contributed by atoms with Crippen LogP contribution in [0.4, 0.5) is 10.1 Å². The fourth-order valence-electron chi connectivity index (χ4n) is 2.39. The number of anilines is 1. The zero-order valence-corrected chi connectivity index (χ0v) is 10.9. The van der Waals surface area contributed by atoms with Crippen LogP contribution in [0, 0.1) is 12.7 Å². The van der Waals surface area contributed by atoms with Crippen molar-refractivity contribution >= 4 is 11.6 Å². The molecule has 0 aliphatic carbocycles. The lowest BCUT2D eigenvalue weighted by Crippen LogP contribution is -2.51. The Morgan fingerprint density at radius 1 is 1.50 bits per heavy atom. The summed E-state index contributed by atoms with van der Waals surface area (Å²) in [5, 5.41) is 3.15. The molecule has 1 atom stereocenters. The first kappa shape index (κ1) is 13.0. The lowest BCUT2D eigenvalue weighted by atomic mass is 10.0. The number of halogens is 1. The Hall–Kier alpha value is -1.42. The third-order valence-corrected chi connectivity index (χ3v) is 3.35. The number of carbonyl (C=O) groups excluding carboxylic acids is 1. The van der Waals surface area contributed by atoms with E-state index < -0.39 is 0 Å². The second kappa shape index (κ2) is 5.48. The number of nitrogens with zero attached hydrogens (tertiary/aromatic N) is 1. The van der Waals surface area contributed by atoms with Crippen molar-refractivity contribution in [3.63, 3.8) is 0 Å². The summed E-state index contributed by atoms with van der Waals surface area (Å²) >= 11 is 0. The van der Waals surface area contributed by atoms with E-state index >= 15 is 0 Å². The highest BCUT2D eigenvalue weighted by atomic mass is 19.1. The molecule has 1 saturated heterocycles. The van der Waals surface area contributed by atoms with Gasteiger partial charge in [0.05, 0.1) is 11.7 Å². The quantitative estimate of drug-likeness (QED) is 0.892. The fraction of sp³-hybridized carbons (Fsp3) is 0.500. The third-order valence-electron chi connectivity index (χ3n) is 3.35. The number of hydrogen-bond acceptors (Lipinski definition) is 2. The smallest absolute Gasteiger partial charge is 0.244 e. The Labute approximate surface area is 107 Å². The molecular weight excluding hydrogens is 231 g/mol. The van der Waals surface area contributed by atoms with Crippen molar-refractivity contribution in [3.8, 4) is 0 Å². The van der Waals surface area contributed by atoms with Gasteiger partial charge in [-0.25, -0.2) is 4.39 Å². The van der Waals surface area contributed by atoms with Crippen LogP contribution in [0.2, 0.25) is 0 Å². The SMILES string of the molecule is CCNC1CCCN(c2cccc(C)c2F)C1=O. The van der Waals surface area contributed by atoms with Crippen LogP contribution in [-0.4, -0.2) is 25.0 Å². The summed E-state index contributed by atoms with van der Waals surface area (Å²) in [4.78, 5) is 13.8. The molecule has 0 spiro atoms. The molecule has 1 unspecified atom stereocenters. The van der Waals surface area contributed by atoms with Crippen molar-refractivity contribution in [3.05, 3.63) is 29.6 Å². The first-order valence-corrected chi connectivity index (χ1v) is 6.45. The van der Waals surface area contributed by atoms with Crippen LogP contribution in [0.3, 0.4) is 0 Å². The standard InChI is InChI=1S/C14H19FN2O/c1-3-16-11-7-5-9-17(14(11)18)12-8-4-6-10(2)13(12)15/h4,6,8,11,16H,3,5,7,9H2,1-2H3. The van der Waals surface area contributed by atoms with E-state index in [-0.39, 0.29) is 17.8 Å². The Morgan fingerprint density at radius 2 is 2.28 bits per heavy atom. The van der Waals surface area contributed by atoms with Crippen molar-refractivity contribution in [2.75, 3.05) is 18.0 Å². The minimum Gasteiger partial charge on any atom is -0.308 e. The molecule has 1 aliphatic heterocycles. The number of carbonyl (C=O) groups is 1. The molecule has 0 saturated carbocycles. The van der Waals surface area contributed by atoms with E-state index in [1.54, 1.807) is 30.0 Å². The molecule has 0 bridgehead atoms. The van der Waals surface area contributed by atoms with E-state index in [4.69, 9.17) is 0 Å². The van der Waals surface area contributed by atoms with Gasteiger partial charge in [-0.2, -0.15) is 0 Å². The molecule has 1 fully saturated rings. The van der Waals surface area contributed by atoms with Gasteiger partial charge < -0.3 is 10.2 Å². The van der Waals surface area contributed by atoms with E-state index in [9.17, 15) is 9.18 Å². The molecule has 1 heterocycles. The van der Waals surface area contributed by atoms with Gasteiger partial charge >= 0.3 is 0 Å². The van der Waals surface area contributed by atoms with Gasteiger partial charge in [-0.1, -0.05) is 19.1 Å². The van der Waals surface area contributed by atoms with Crippen molar-refractivity contribution < 1.29 is 9.18 Å². The topological polar surface area (TPSA) is 32.3 Å². The number of rotatable bonds is 3. The number of nitrogens with one attached hydrogen (secondary N) is 1. The minimum atomic E-state index is -0.289. The van der Waals surface area contributed by atoms with Crippen LogP contribution < -0.4 is 10.2 Å². The summed E-state index contributed by atoms with van der Waals surface area (Å²) < 4.78 is 14.1. The first-order valence-electron chi connectivity index (χ1n) is 6.45. The Kier molecular flexibility index (Phi) is 3.97. The summed E-state index contributed by atoms with van der Waals surface area (Å²) in [6.45, 7) is 5.04. The molecule has 98 valence electrons. The third kappa shape index (κ3) is 2.38. The molecule has 1 aromatic rings. The molecule has 2 rings (SSSR count). The summed E-state index contributed by atoms with van der Waals surface area (Å²) in [5.41, 5.74) is 0.980. The maximum absolute atomic E-state index is 14.1. The molecule has 1 N–H and O–H groups in total. The molecule has 1 aliphatic rings. The van der Waals surface area contributed by atoms with Gasteiger partial charge in [-0.15, -0.1) is 0 Å². The van der Waals surface area contributed by atoms with Crippen LogP contribution in [0.5, 0.6) is 0 Å². The van der Waals surface area contributed by atoms with Gasteiger partial charge in [0, 0.05) is 6.54 Å². The highest BCUT2D eigenvalue weighted by Gasteiger charge is 2.30. The van der Waals surface area contributed by atoms with Gasteiger partial charge in [0.2, 0.25) is 5.91 Å². The highest BCUT2D eigenvalue weighted by molar-refractivity contribution is 5.98. The average Bonchev–Trinajstić information content (AvgIpc) is 2.36. The second-order valence-electron chi connectivity index (χ2n) is 4.65. The second-order valence-corrected chi connectivity index (χ2v) is 4.65. The Balaban J connectivity index is 2.27. The zero-order chi connectivity index (χ0) is 13.1. The summed E-state index contributed by atoms with van der Waals surface area (Å²) in [7, 11) is 0. The lowest BCUT2D eigenvalue weighted by molar-refractivity contribution is -0.121. The van der Waals surface area contributed by atoms with Crippen molar-refractivity contribution in [1.82, 2.24) is 5.32 Å². The molecule has 3 nitrogen and oxygen atoms in total. The van der Waals surface area contributed by atoms with Crippen LogP contribution in [0.1, 0.15) is 25.3 Å². The predicted octanol–water partition coefficient (Wildman–Crippen LogP) is 2.24. The van der Waals surface area contributed by atoms with Crippen LogP contribution in [-0.2, 0) is 4.79 Å². The van der Waals surface area contributed by atoms with Crippen LogP contribution in [0.25, 0.3) is 0 Å². The largest absolute Gasteiger partial charge is 0.308 e. The number of amides is 1. The van der Waals surface area contributed by atoms with Gasteiger partial charge in [-0.3, -0.25) is 4.79 Å². The number of hydrogen-bond donors (Lipinski definition) is 1. The van der Waals surface area contributed by atoms with Gasteiger partial charge in [0.1, 0.15) is 5.82 Å². The fourth-order valence-corrected chi connectivity index (χ4v) is 2.39. The maximum atomic E-state index is 14.1. The molecule has 4 heteroatoms. The van der Waals surface area contributed by atoms with Gasteiger partial charge in [0.25, 0.3) is 0 Å². The van der Waals surface area contributed by atoms with Gasteiger partial charge in [0.15, 0.2) is 0 Å². The monoisotopic (exact) mass is 250 g/mol. The molecular formula is C14H19FN2O. The van der Waals surface area contributed by atoms with Crippen LogP contribution >= 0.6 is 0 Å². The Morgan fingerprint density at radius 3 is 3.00 bits per heavy atom. The highest BCUT2D eigenvalue weighted by Crippen LogP contribution is 2.25. The van der Waals surface area contributed by atoms with E-state index in [2.05, 4.69) is 5.32 Å². The van der Waals surface area contributed by atoms with E-state index in [0.717, 1.165) is 19.4 Å². The first-order chi connectivity index (χ1) is 8.65. The number of piperidine rings is 1. The predicted molar refractivity (Wildman–Crippen MR) is 70.2 cm³/mol. The average molecular weight is 250 g/mol. The number of benzene rings is 1. The van der Waals surface area contributed by atoms with Crippen molar-refractivity contribution in [1.29, 1.82) is 0 Å². The normalized spacial score (nSPS) is 20.3. The van der Waals surface area contributed by atoms with Crippen molar-refractivity contribution in [2.24, 2.45) is 0 Å². The van der Waals surface area contributed by atoms with Crippen molar-refractivity contribution in [2.45, 2.75) is 32.7 Å². The summed E-state index contributed by atoms with van der Waals surface area (Å²) in [6.07, 6.45) is 1.73. The lowest BCUT2D eigenvalue weighted by Gasteiger charge is -2.33. The zero-order valence-electron chi connectivity index (χ0n) is 10.9. The number of likely N-dealkylation sites (N-methyl/N-ethyl adjacent to an activating group) is 1. The summed E-state index contributed by atoms with van der Waals surface area (Å²) in [6, 6.07) is 5.00. The van der Waals surface area contributed by atoms with E-state index in [0.29, 0.717) is 17.8 Å². The Bertz CT molecular complexity index is 445. The molecule has 0 radical (unpaired) electrons. The summed E-state index contributed by atoms with van der Waals surface area (Å²) in [5.74, 6) is -0.310. The number of aryl methyl sites for hydroxylation is 1.